The number of benzene rings is 1. The van der Waals surface area contributed by atoms with Gasteiger partial charge in [0.15, 0.2) is 0 Å². The SMILES string of the molecule is CC1C(=O)N(C)C=C(C(=O)O)C1c1ccc(F)cc1. The van der Waals surface area contributed by atoms with E-state index in [0.29, 0.717) is 5.56 Å². The summed E-state index contributed by atoms with van der Waals surface area (Å²) < 4.78 is 12.9. The van der Waals surface area contributed by atoms with E-state index in [9.17, 15) is 19.1 Å². The minimum atomic E-state index is -1.07. The van der Waals surface area contributed by atoms with Crippen molar-refractivity contribution in [2.45, 2.75) is 12.8 Å². The molecule has 0 fully saturated rings. The minimum Gasteiger partial charge on any atom is -0.478 e. The second-order valence-electron chi connectivity index (χ2n) is 4.66. The fourth-order valence-corrected chi connectivity index (χ4v) is 2.41. The highest BCUT2D eigenvalue weighted by atomic mass is 19.1. The van der Waals surface area contributed by atoms with Gasteiger partial charge in [0.05, 0.1) is 5.57 Å². The number of carbonyl (C=O) groups is 2. The number of hydrogen-bond donors (Lipinski definition) is 1. The van der Waals surface area contributed by atoms with E-state index < -0.39 is 23.6 Å². The van der Waals surface area contributed by atoms with Crippen LogP contribution >= 0.6 is 0 Å². The van der Waals surface area contributed by atoms with E-state index in [1.54, 1.807) is 6.92 Å². The van der Waals surface area contributed by atoms with Gasteiger partial charge in [-0.15, -0.1) is 0 Å². The second-order valence-corrected chi connectivity index (χ2v) is 4.66. The third-order valence-corrected chi connectivity index (χ3v) is 3.38. The molecule has 1 amide bonds. The van der Waals surface area contributed by atoms with Gasteiger partial charge in [0, 0.05) is 25.1 Å². The van der Waals surface area contributed by atoms with Gasteiger partial charge in [0.25, 0.3) is 0 Å². The van der Waals surface area contributed by atoms with Crippen LogP contribution in [0.3, 0.4) is 0 Å². The van der Waals surface area contributed by atoms with Crippen LogP contribution in [0.1, 0.15) is 18.4 Å². The zero-order valence-electron chi connectivity index (χ0n) is 10.6. The Kier molecular flexibility index (Phi) is 3.38. The molecule has 0 saturated carbocycles. The van der Waals surface area contributed by atoms with Gasteiger partial charge in [-0.05, 0) is 17.7 Å². The summed E-state index contributed by atoms with van der Waals surface area (Å²) in [6.07, 6.45) is 1.33. The van der Waals surface area contributed by atoms with Crippen LogP contribution in [0, 0.1) is 11.7 Å². The van der Waals surface area contributed by atoms with E-state index in [4.69, 9.17) is 0 Å². The number of carboxylic acids is 1. The van der Waals surface area contributed by atoms with E-state index in [0.717, 1.165) is 0 Å². The number of halogens is 1. The van der Waals surface area contributed by atoms with Crippen molar-refractivity contribution < 1.29 is 19.1 Å². The van der Waals surface area contributed by atoms with E-state index in [1.165, 1.54) is 42.4 Å². The summed E-state index contributed by atoms with van der Waals surface area (Å²) in [6.45, 7) is 1.68. The molecule has 0 aliphatic carbocycles. The van der Waals surface area contributed by atoms with Crippen molar-refractivity contribution in [3.63, 3.8) is 0 Å². The van der Waals surface area contributed by atoms with Crippen LogP contribution in [-0.2, 0) is 9.59 Å². The van der Waals surface area contributed by atoms with Crippen LogP contribution in [-0.4, -0.2) is 28.9 Å². The first-order valence-electron chi connectivity index (χ1n) is 5.89. The fourth-order valence-electron chi connectivity index (χ4n) is 2.41. The van der Waals surface area contributed by atoms with Crippen molar-refractivity contribution in [2.75, 3.05) is 7.05 Å². The Morgan fingerprint density at radius 2 is 1.89 bits per heavy atom. The standard InChI is InChI=1S/C14H14FNO3/c1-8-12(9-3-5-10(15)6-4-9)11(14(18)19)7-16(2)13(8)17/h3-8,12H,1-2H3,(H,18,19). The molecular weight excluding hydrogens is 249 g/mol. The molecule has 1 aliphatic heterocycles. The molecule has 1 heterocycles. The van der Waals surface area contributed by atoms with Gasteiger partial charge in [0.1, 0.15) is 5.82 Å². The van der Waals surface area contributed by atoms with Gasteiger partial charge < -0.3 is 10.0 Å². The van der Waals surface area contributed by atoms with Crippen LogP contribution in [0.15, 0.2) is 36.0 Å². The smallest absolute Gasteiger partial charge is 0.333 e. The maximum absolute atomic E-state index is 12.9. The van der Waals surface area contributed by atoms with E-state index >= 15 is 0 Å². The summed E-state index contributed by atoms with van der Waals surface area (Å²) in [5, 5.41) is 9.27. The van der Waals surface area contributed by atoms with Gasteiger partial charge in [-0.2, -0.15) is 0 Å². The van der Waals surface area contributed by atoms with Crippen LogP contribution in [0.2, 0.25) is 0 Å². The molecule has 0 saturated heterocycles. The maximum Gasteiger partial charge on any atom is 0.333 e. The molecule has 1 aromatic rings. The molecule has 1 N–H and O–H groups in total. The maximum atomic E-state index is 12.9. The first-order chi connectivity index (χ1) is 8.91. The highest BCUT2D eigenvalue weighted by Gasteiger charge is 2.37. The molecular formula is C14H14FNO3. The lowest BCUT2D eigenvalue weighted by Gasteiger charge is -2.32. The average Bonchev–Trinajstić information content (AvgIpc) is 2.37. The van der Waals surface area contributed by atoms with Gasteiger partial charge >= 0.3 is 5.97 Å². The minimum absolute atomic E-state index is 0.140. The first-order valence-corrected chi connectivity index (χ1v) is 5.89. The summed E-state index contributed by atoms with van der Waals surface area (Å²) in [6, 6.07) is 5.58. The summed E-state index contributed by atoms with van der Waals surface area (Å²) in [5.41, 5.74) is 0.769. The zero-order valence-corrected chi connectivity index (χ0v) is 10.6. The van der Waals surface area contributed by atoms with Gasteiger partial charge in [-0.3, -0.25) is 4.79 Å². The lowest BCUT2D eigenvalue weighted by Crippen LogP contribution is -2.38. The predicted molar refractivity (Wildman–Crippen MR) is 66.8 cm³/mol. The quantitative estimate of drug-likeness (QED) is 0.887. The number of aliphatic carboxylic acids is 1. The molecule has 0 aromatic heterocycles. The third-order valence-electron chi connectivity index (χ3n) is 3.38. The first kappa shape index (κ1) is 13.3. The molecule has 2 rings (SSSR count). The molecule has 19 heavy (non-hydrogen) atoms. The number of nitrogens with zero attached hydrogens (tertiary/aromatic N) is 1. The zero-order chi connectivity index (χ0) is 14.2. The lowest BCUT2D eigenvalue weighted by atomic mass is 9.79. The summed E-state index contributed by atoms with van der Waals surface area (Å²) in [4.78, 5) is 24.6. The Balaban J connectivity index is 2.50. The average molecular weight is 263 g/mol. The molecule has 2 unspecified atom stereocenters. The number of hydrogen-bond acceptors (Lipinski definition) is 2. The Morgan fingerprint density at radius 3 is 2.42 bits per heavy atom. The lowest BCUT2D eigenvalue weighted by molar-refractivity contribution is -0.136. The molecule has 100 valence electrons. The highest BCUT2D eigenvalue weighted by molar-refractivity contribution is 5.94. The number of amides is 1. The molecule has 1 aliphatic rings. The van der Waals surface area contributed by atoms with Crippen LogP contribution < -0.4 is 0 Å². The van der Waals surface area contributed by atoms with Crippen molar-refractivity contribution in [1.82, 2.24) is 4.90 Å². The second kappa shape index (κ2) is 4.84. The van der Waals surface area contributed by atoms with Crippen molar-refractivity contribution in [2.24, 2.45) is 5.92 Å². The van der Waals surface area contributed by atoms with E-state index in [-0.39, 0.29) is 11.5 Å². The van der Waals surface area contributed by atoms with E-state index in [1.807, 2.05) is 0 Å². The summed E-state index contributed by atoms with van der Waals surface area (Å²) in [7, 11) is 1.53. The van der Waals surface area contributed by atoms with E-state index in [2.05, 4.69) is 0 Å². The van der Waals surface area contributed by atoms with Crippen LogP contribution in [0.4, 0.5) is 4.39 Å². The third kappa shape index (κ3) is 2.36. The topological polar surface area (TPSA) is 57.6 Å². The van der Waals surface area contributed by atoms with Crippen molar-refractivity contribution in [1.29, 1.82) is 0 Å². The molecule has 0 spiro atoms. The van der Waals surface area contributed by atoms with Crippen molar-refractivity contribution >= 4 is 11.9 Å². The molecule has 1 aromatic carbocycles. The van der Waals surface area contributed by atoms with Crippen LogP contribution in [0.5, 0.6) is 0 Å². The fraction of sp³-hybridized carbons (Fsp3) is 0.286. The van der Waals surface area contributed by atoms with Crippen LogP contribution in [0.25, 0.3) is 0 Å². The molecule has 0 bridgehead atoms. The van der Waals surface area contributed by atoms with Gasteiger partial charge in [-0.1, -0.05) is 19.1 Å². The van der Waals surface area contributed by atoms with Crippen molar-refractivity contribution in [3.8, 4) is 0 Å². The molecule has 5 heteroatoms. The Bertz CT molecular complexity index is 550. The normalized spacial score (nSPS) is 23.2. The Hall–Kier alpha value is -2.17. The molecule has 4 nitrogen and oxygen atoms in total. The van der Waals surface area contributed by atoms with Gasteiger partial charge in [-0.25, -0.2) is 9.18 Å². The Morgan fingerprint density at radius 1 is 1.32 bits per heavy atom. The monoisotopic (exact) mass is 263 g/mol. The van der Waals surface area contributed by atoms with Gasteiger partial charge in [0.2, 0.25) is 5.91 Å². The predicted octanol–water partition coefficient (Wildman–Crippen LogP) is 1.99. The largest absolute Gasteiger partial charge is 0.478 e. The number of rotatable bonds is 2. The molecule has 2 atom stereocenters. The number of carboxylic acid groups (broad SMARTS) is 1. The summed E-state index contributed by atoms with van der Waals surface area (Å²) >= 11 is 0. The summed E-state index contributed by atoms with van der Waals surface area (Å²) in [5.74, 6) is -2.66. The number of carbonyl (C=O) groups excluding carboxylic acids is 1. The highest BCUT2D eigenvalue weighted by Crippen LogP contribution is 2.36. The van der Waals surface area contributed by atoms with Crippen molar-refractivity contribution in [3.05, 3.63) is 47.4 Å². The Labute approximate surface area is 110 Å². The molecule has 0 radical (unpaired) electrons.